The minimum atomic E-state index is -0.678. The molecule has 1 N–H and O–H groups in total. The molecular weight excluding hydrogens is 272 g/mol. The van der Waals surface area contributed by atoms with Crippen LogP contribution in [0.3, 0.4) is 0 Å². The first kappa shape index (κ1) is 11.7. The van der Waals surface area contributed by atoms with Gasteiger partial charge in [-0.15, -0.1) is 0 Å². The zero-order valence-electron chi connectivity index (χ0n) is 9.63. The molecule has 1 saturated carbocycles. The van der Waals surface area contributed by atoms with Crippen LogP contribution in [0.4, 0.5) is 0 Å². The van der Waals surface area contributed by atoms with Crippen molar-refractivity contribution in [1.29, 1.82) is 0 Å². The topological polar surface area (TPSA) is 38.7 Å². The van der Waals surface area contributed by atoms with Crippen LogP contribution in [0.5, 0.6) is 11.5 Å². The Morgan fingerprint density at radius 1 is 1.31 bits per heavy atom. The van der Waals surface area contributed by atoms with E-state index in [4.69, 9.17) is 9.47 Å². The van der Waals surface area contributed by atoms with Gasteiger partial charge in [0.25, 0.3) is 0 Å². The van der Waals surface area contributed by atoms with Crippen LogP contribution >= 0.6 is 15.9 Å². The Morgan fingerprint density at radius 2 is 1.94 bits per heavy atom. The summed E-state index contributed by atoms with van der Waals surface area (Å²) in [6.45, 7) is 1.97. The average Bonchev–Trinajstić information content (AvgIpc) is 2.96. The number of benzene rings is 1. The summed E-state index contributed by atoms with van der Waals surface area (Å²) in [7, 11) is 3.20. The first-order valence-corrected chi connectivity index (χ1v) is 5.96. The quantitative estimate of drug-likeness (QED) is 0.929. The van der Waals surface area contributed by atoms with E-state index in [0.29, 0.717) is 11.5 Å². The first-order chi connectivity index (χ1) is 7.53. The van der Waals surface area contributed by atoms with Crippen LogP contribution in [0.2, 0.25) is 0 Å². The zero-order chi connectivity index (χ0) is 11.9. The number of halogens is 1. The standard InChI is InChI=1S/C12H15BrO3/c1-7-6-8(15-2)11(16-3)10(13)9(7)12(14)4-5-12/h6,14H,4-5H2,1-3H3. The third-order valence-corrected chi connectivity index (χ3v) is 3.75. The Labute approximate surface area is 104 Å². The maximum atomic E-state index is 10.2. The molecule has 4 heteroatoms. The number of methoxy groups -OCH3 is 2. The molecule has 0 spiro atoms. The maximum Gasteiger partial charge on any atom is 0.175 e. The second kappa shape index (κ2) is 3.93. The van der Waals surface area contributed by atoms with Gasteiger partial charge in [-0.2, -0.15) is 0 Å². The summed E-state index contributed by atoms with van der Waals surface area (Å²) in [6, 6.07) is 1.90. The van der Waals surface area contributed by atoms with Crippen LogP contribution in [0.1, 0.15) is 24.0 Å². The van der Waals surface area contributed by atoms with Crippen LogP contribution in [0, 0.1) is 6.92 Å². The second-order valence-corrected chi connectivity index (χ2v) is 4.94. The molecule has 1 fully saturated rings. The smallest absolute Gasteiger partial charge is 0.175 e. The molecule has 0 aliphatic heterocycles. The lowest BCUT2D eigenvalue weighted by Gasteiger charge is -2.19. The molecule has 88 valence electrons. The maximum absolute atomic E-state index is 10.2. The van der Waals surface area contributed by atoms with E-state index in [9.17, 15) is 5.11 Å². The summed E-state index contributed by atoms with van der Waals surface area (Å²) in [4.78, 5) is 0. The summed E-state index contributed by atoms with van der Waals surface area (Å²) < 4.78 is 11.3. The monoisotopic (exact) mass is 286 g/mol. The molecular formula is C12H15BrO3. The van der Waals surface area contributed by atoms with E-state index in [2.05, 4.69) is 15.9 Å². The molecule has 3 nitrogen and oxygen atoms in total. The number of rotatable bonds is 3. The van der Waals surface area contributed by atoms with Crippen molar-refractivity contribution in [3.05, 3.63) is 21.7 Å². The van der Waals surface area contributed by atoms with Gasteiger partial charge in [0.15, 0.2) is 11.5 Å². The first-order valence-electron chi connectivity index (χ1n) is 5.17. The fourth-order valence-electron chi connectivity index (χ4n) is 2.01. The van der Waals surface area contributed by atoms with Gasteiger partial charge in [0.2, 0.25) is 0 Å². The normalized spacial score (nSPS) is 17.1. The van der Waals surface area contributed by atoms with Crippen molar-refractivity contribution < 1.29 is 14.6 Å². The van der Waals surface area contributed by atoms with Gasteiger partial charge in [0.05, 0.1) is 24.3 Å². The summed E-state index contributed by atoms with van der Waals surface area (Å²) >= 11 is 3.49. The molecule has 0 atom stereocenters. The molecule has 1 aliphatic rings. The predicted octanol–water partition coefficient (Wildman–Crippen LogP) is 2.76. The number of ether oxygens (including phenoxy) is 2. The van der Waals surface area contributed by atoms with Gasteiger partial charge >= 0.3 is 0 Å². The van der Waals surface area contributed by atoms with Gasteiger partial charge in [-0.05, 0) is 47.3 Å². The Morgan fingerprint density at radius 3 is 2.38 bits per heavy atom. The third kappa shape index (κ3) is 1.70. The lowest BCUT2D eigenvalue weighted by Crippen LogP contribution is -2.09. The molecule has 0 unspecified atom stereocenters. The molecule has 0 radical (unpaired) electrons. The molecule has 2 rings (SSSR count). The fourth-order valence-corrected chi connectivity index (χ4v) is 3.05. The molecule has 0 amide bonds. The van der Waals surface area contributed by atoms with Crippen LogP contribution in [0.25, 0.3) is 0 Å². The van der Waals surface area contributed by atoms with Gasteiger partial charge < -0.3 is 14.6 Å². The highest BCUT2D eigenvalue weighted by Crippen LogP contribution is 2.53. The molecule has 0 bridgehead atoms. The number of hydrogen-bond acceptors (Lipinski definition) is 3. The Balaban J connectivity index is 2.62. The highest BCUT2D eigenvalue weighted by atomic mass is 79.9. The van der Waals surface area contributed by atoms with E-state index in [1.165, 1.54) is 0 Å². The summed E-state index contributed by atoms with van der Waals surface area (Å²) in [5.74, 6) is 1.32. The van der Waals surface area contributed by atoms with Crippen molar-refractivity contribution in [2.45, 2.75) is 25.4 Å². The van der Waals surface area contributed by atoms with Gasteiger partial charge in [0.1, 0.15) is 0 Å². The highest BCUT2D eigenvalue weighted by Gasteiger charge is 2.45. The molecule has 1 aliphatic carbocycles. The van der Waals surface area contributed by atoms with Crippen molar-refractivity contribution in [2.75, 3.05) is 14.2 Å². The number of aliphatic hydroxyl groups is 1. The van der Waals surface area contributed by atoms with Crippen molar-refractivity contribution in [1.82, 2.24) is 0 Å². The van der Waals surface area contributed by atoms with Gasteiger partial charge in [-0.1, -0.05) is 0 Å². The lowest BCUT2D eigenvalue weighted by atomic mass is 10.0. The molecule has 0 heterocycles. The largest absolute Gasteiger partial charge is 0.493 e. The second-order valence-electron chi connectivity index (χ2n) is 4.15. The van der Waals surface area contributed by atoms with Crippen LogP contribution in [-0.2, 0) is 5.60 Å². The molecule has 1 aromatic carbocycles. The van der Waals surface area contributed by atoms with E-state index in [0.717, 1.165) is 28.4 Å². The Hall–Kier alpha value is -0.740. The minimum Gasteiger partial charge on any atom is -0.493 e. The van der Waals surface area contributed by atoms with Crippen molar-refractivity contribution in [3.63, 3.8) is 0 Å². The molecule has 0 saturated heterocycles. The van der Waals surface area contributed by atoms with E-state index in [1.54, 1.807) is 14.2 Å². The van der Waals surface area contributed by atoms with E-state index in [-0.39, 0.29) is 0 Å². The van der Waals surface area contributed by atoms with Crippen molar-refractivity contribution in [2.24, 2.45) is 0 Å². The number of hydrogen-bond donors (Lipinski definition) is 1. The summed E-state index contributed by atoms with van der Waals surface area (Å²) in [5, 5.41) is 10.2. The summed E-state index contributed by atoms with van der Waals surface area (Å²) in [5.41, 5.74) is 1.26. The zero-order valence-corrected chi connectivity index (χ0v) is 11.2. The van der Waals surface area contributed by atoms with E-state index < -0.39 is 5.60 Å². The van der Waals surface area contributed by atoms with Crippen LogP contribution < -0.4 is 9.47 Å². The highest BCUT2D eigenvalue weighted by molar-refractivity contribution is 9.10. The Kier molecular flexibility index (Phi) is 2.88. The fraction of sp³-hybridized carbons (Fsp3) is 0.500. The van der Waals surface area contributed by atoms with Crippen LogP contribution in [0.15, 0.2) is 10.5 Å². The lowest BCUT2D eigenvalue weighted by molar-refractivity contribution is 0.149. The van der Waals surface area contributed by atoms with Gasteiger partial charge in [0, 0.05) is 5.56 Å². The molecule has 16 heavy (non-hydrogen) atoms. The predicted molar refractivity (Wildman–Crippen MR) is 65.1 cm³/mol. The molecule has 1 aromatic rings. The van der Waals surface area contributed by atoms with Gasteiger partial charge in [-0.3, -0.25) is 0 Å². The van der Waals surface area contributed by atoms with Gasteiger partial charge in [-0.25, -0.2) is 0 Å². The number of aryl methyl sites for hydroxylation is 1. The molecule has 0 aromatic heterocycles. The van der Waals surface area contributed by atoms with Crippen molar-refractivity contribution in [3.8, 4) is 11.5 Å². The minimum absolute atomic E-state index is 0.642. The summed E-state index contributed by atoms with van der Waals surface area (Å²) in [6.07, 6.45) is 1.61. The van der Waals surface area contributed by atoms with Crippen molar-refractivity contribution >= 4 is 15.9 Å². The van der Waals surface area contributed by atoms with E-state index >= 15 is 0 Å². The van der Waals surface area contributed by atoms with E-state index in [1.807, 2.05) is 13.0 Å². The third-order valence-electron chi connectivity index (χ3n) is 3.00. The SMILES string of the molecule is COc1cc(C)c(C2(O)CC2)c(Br)c1OC. The average molecular weight is 287 g/mol. The van der Waals surface area contributed by atoms with Crippen LogP contribution in [-0.4, -0.2) is 19.3 Å². The Bertz CT molecular complexity index is 425.